The van der Waals surface area contributed by atoms with E-state index in [0.29, 0.717) is 22.5 Å². The van der Waals surface area contributed by atoms with Crippen molar-refractivity contribution in [3.8, 4) is 0 Å². The first-order valence-corrected chi connectivity index (χ1v) is 5.29. The number of anilines is 3. The summed E-state index contributed by atoms with van der Waals surface area (Å²) in [7, 11) is 1.70. The first-order valence-electron chi connectivity index (χ1n) is 4.92. The van der Waals surface area contributed by atoms with E-state index < -0.39 is 0 Å². The first kappa shape index (κ1) is 11.6. The largest absolute Gasteiger partial charge is 0.357 e. The molecule has 0 atom stereocenters. The number of aromatic nitrogens is 2. The van der Waals surface area contributed by atoms with Crippen LogP contribution in [-0.2, 0) is 0 Å². The van der Waals surface area contributed by atoms with Crippen LogP contribution in [0.25, 0.3) is 0 Å². The quantitative estimate of drug-likeness (QED) is 0.882. The molecule has 0 saturated heterocycles. The van der Waals surface area contributed by atoms with Crippen molar-refractivity contribution in [3.63, 3.8) is 0 Å². The Morgan fingerprint density at radius 2 is 2.18 bits per heavy atom. The molecule has 0 bridgehead atoms. The summed E-state index contributed by atoms with van der Waals surface area (Å²) in [5.41, 5.74) is 0.577. The van der Waals surface area contributed by atoms with E-state index in [1.165, 1.54) is 18.3 Å². The number of rotatable bonds is 3. The highest BCUT2D eigenvalue weighted by molar-refractivity contribution is 6.32. The molecule has 0 aliphatic heterocycles. The van der Waals surface area contributed by atoms with Gasteiger partial charge in [-0.2, -0.15) is 4.98 Å². The number of benzene rings is 1. The fourth-order valence-corrected chi connectivity index (χ4v) is 1.42. The third kappa shape index (κ3) is 2.82. The smallest absolute Gasteiger partial charge is 0.224 e. The van der Waals surface area contributed by atoms with E-state index in [-0.39, 0.29) is 5.82 Å². The Bertz CT molecular complexity index is 533. The molecule has 2 rings (SSSR count). The van der Waals surface area contributed by atoms with Gasteiger partial charge in [0.2, 0.25) is 5.95 Å². The maximum Gasteiger partial charge on any atom is 0.224 e. The Kier molecular flexibility index (Phi) is 3.39. The topological polar surface area (TPSA) is 49.8 Å². The van der Waals surface area contributed by atoms with E-state index in [2.05, 4.69) is 20.6 Å². The highest BCUT2D eigenvalue weighted by atomic mass is 35.5. The summed E-state index contributed by atoms with van der Waals surface area (Å²) in [5.74, 6) is 0.541. The molecule has 0 amide bonds. The lowest BCUT2D eigenvalue weighted by Gasteiger charge is -2.08. The van der Waals surface area contributed by atoms with Crippen LogP contribution in [0.2, 0.25) is 5.02 Å². The average Bonchev–Trinajstić information content (AvgIpc) is 2.32. The van der Waals surface area contributed by atoms with Crippen LogP contribution in [0.15, 0.2) is 30.5 Å². The van der Waals surface area contributed by atoms with Gasteiger partial charge in [0, 0.05) is 12.7 Å². The fraction of sp³-hybridized carbons (Fsp3) is 0.0909. The second kappa shape index (κ2) is 4.97. The van der Waals surface area contributed by atoms with Gasteiger partial charge >= 0.3 is 0 Å². The number of nitrogens with zero attached hydrogens (tertiary/aromatic N) is 2. The highest BCUT2D eigenvalue weighted by Crippen LogP contribution is 2.23. The van der Waals surface area contributed by atoms with Gasteiger partial charge in [-0.25, -0.2) is 9.37 Å². The second-order valence-corrected chi connectivity index (χ2v) is 3.68. The SMILES string of the molecule is CNc1ncc(Cl)c(Nc2cccc(F)c2)n1. The zero-order valence-electron chi connectivity index (χ0n) is 9.04. The summed E-state index contributed by atoms with van der Waals surface area (Å²) < 4.78 is 13.0. The van der Waals surface area contributed by atoms with E-state index in [4.69, 9.17) is 11.6 Å². The minimum atomic E-state index is -0.325. The van der Waals surface area contributed by atoms with Crippen molar-refractivity contribution in [2.24, 2.45) is 0 Å². The average molecular weight is 253 g/mol. The lowest BCUT2D eigenvalue weighted by atomic mass is 10.3. The van der Waals surface area contributed by atoms with Crippen LogP contribution in [0.1, 0.15) is 0 Å². The van der Waals surface area contributed by atoms with Crippen molar-refractivity contribution in [1.82, 2.24) is 9.97 Å². The van der Waals surface area contributed by atoms with Gasteiger partial charge < -0.3 is 10.6 Å². The molecule has 2 N–H and O–H groups in total. The van der Waals surface area contributed by atoms with E-state index in [9.17, 15) is 4.39 Å². The van der Waals surface area contributed by atoms with E-state index in [1.807, 2.05) is 0 Å². The predicted molar refractivity (Wildman–Crippen MR) is 66.3 cm³/mol. The minimum absolute atomic E-state index is 0.325. The molecule has 0 fully saturated rings. The van der Waals surface area contributed by atoms with Crippen molar-refractivity contribution >= 4 is 29.1 Å². The van der Waals surface area contributed by atoms with Gasteiger partial charge in [0.25, 0.3) is 0 Å². The van der Waals surface area contributed by atoms with Crippen LogP contribution in [0.4, 0.5) is 21.8 Å². The van der Waals surface area contributed by atoms with Crippen LogP contribution in [0.5, 0.6) is 0 Å². The predicted octanol–water partition coefficient (Wildman–Crippen LogP) is 3.05. The fourth-order valence-electron chi connectivity index (χ4n) is 1.28. The second-order valence-electron chi connectivity index (χ2n) is 3.28. The van der Waals surface area contributed by atoms with Crippen LogP contribution in [0.3, 0.4) is 0 Å². The Morgan fingerprint density at radius 1 is 1.35 bits per heavy atom. The van der Waals surface area contributed by atoms with Crippen LogP contribution >= 0.6 is 11.6 Å². The Morgan fingerprint density at radius 3 is 2.88 bits per heavy atom. The third-order valence-electron chi connectivity index (χ3n) is 2.06. The van der Waals surface area contributed by atoms with Crippen molar-refractivity contribution in [2.45, 2.75) is 0 Å². The summed E-state index contributed by atoms with van der Waals surface area (Å²) in [5, 5.41) is 6.09. The number of hydrogen-bond acceptors (Lipinski definition) is 4. The number of nitrogens with one attached hydrogen (secondary N) is 2. The summed E-state index contributed by atoms with van der Waals surface area (Å²) in [4.78, 5) is 8.08. The Balaban J connectivity index is 2.29. The van der Waals surface area contributed by atoms with Crippen LogP contribution in [0, 0.1) is 5.82 Å². The lowest BCUT2D eigenvalue weighted by Crippen LogP contribution is -2.01. The summed E-state index contributed by atoms with van der Waals surface area (Å²) >= 11 is 5.93. The Labute approximate surface area is 103 Å². The third-order valence-corrected chi connectivity index (χ3v) is 2.33. The molecular weight excluding hydrogens is 243 g/mol. The van der Waals surface area contributed by atoms with E-state index in [0.717, 1.165) is 0 Å². The molecule has 1 aromatic carbocycles. The molecule has 2 aromatic rings. The van der Waals surface area contributed by atoms with Crippen molar-refractivity contribution in [3.05, 3.63) is 41.3 Å². The van der Waals surface area contributed by atoms with Crippen molar-refractivity contribution < 1.29 is 4.39 Å². The molecule has 0 saturated carbocycles. The molecule has 1 heterocycles. The minimum Gasteiger partial charge on any atom is -0.357 e. The zero-order valence-corrected chi connectivity index (χ0v) is 9.79. The van der Waals surface area contributed by atoms with Gasteiger partial charge in [0.1, 0.15) is 10.8 Å². The molecule has 17 heavy (non-hydrogen) atoms. The van der Waals surface area contributed by atoms with Gasteiger partial charge in [-0.3, -0.25) is 0 Å². The number of hydrogen-bond donors (Lipinski definition) is 2. The standard InChI is InChI=1S/C11H10ClFN4/c1-14-11-15-6-9(12)10(17-11)16-8-4-2-3-7(13)5-8/h2-6H,1H3,(H2,14,15,16,17). The first-order chi connectivity index (χ1) is 8.19. The van der Waals surface area contributed by atoms with E-state index in [1.54, 1.807) is 19.2 Å². The molecule has 0 spiro atoms. The van der Waals surface area contributed by atoms with Crippen molar-refractivity contribution in [2.75, 3.05) is 17.7 Å². The van der Waals surface area contributed by atoms with Crippen molar-refractivity contribution in [1.29, 1.82) is 0 Å². The monoisotopic (exact) mass is 252 g/mol. The lowest BCUT2D eigenvalue weighted by molar-refractivity contribution is 0.628. The zero-order chi connectivity index (χ0) is 12.3. The summed E-state index contributed by atoms with van der Waals surface area (Å²) in [6, 6.07) is 6.05. The summed E-state index contributed by atoms with van der Waals surface area (Å²) in [6.07, 6.45) is 1.47. The van der Waals surface area contributed by atoms with Crippen LogP contribution < -0.4 is 10.6 Å². The molecule has 88 valence electrons. The maximum atomic E-state index is 13.0. The molecule has 0 aliphatic carbocycles. The van der Waals surface area contributed by atoms with Gasteiger partial charge in [0.15, 0.2) is 5.82 Å². The summed E-state index contributed by atoms with van der Waals surface area (Å²) in [6.45, 7) is 0. The van der Waals surface area contributed by atoms with Gasteiger partial charge in [0.05, 0.1) is 6.20 Å². The van der Waals surface area contributed by atoms with E-state index >= 15 is 0 Å². The number of halogens is 2. The van der Waals surface area contributed by atoms with Gasteiger partial charge in [-0.05, 0) is 18.2 Å². The highest BCUT2D eigenvalue weighted by Gasteiger charge is 2.05. The Hall–Kier alpha value is -1.88. The van der Waals surface area contributed by atoms with Gasteiger partial charge in [-0.1, -0.05) is 17.7 Å². The molecule has 0 unspecified atom stereocenters. The molecular formula is C11H10ClFN4. The van der Waals surface area contributed by atoms with Crippen LogP contribution in [-0.4, -0.2) is 17.0 Å². The normalized spacial score (nSPS) is 10.1. The van der Waals surface area contributed by atoms with Gasteiger partial charge in [-0.15, -0.1) is 0 Å². The molecule has 0 radical (unpaired) electrons. The molecule has 1 aromatic heterocycles. The maximum absolute atomic E-state index is 13.0. The molecule has 4 nitrogen and oxygen atoms in total. The molecule has 6 heteroatoms. The molecule has 0 aliphatic rings.